The first-order valence-electron chi connectivity index (χ1n) is 5.67. The first kappa shape index (κ1) is 13.4. The summed E-state index contributed by atoms with van der Waals surface area (Å²) in [6, 6.07) is 5.12. The zero-order chi connectivity index (χ0) is 13.1. The van der Waals surface area contributed by atoms with Crippen molar-refractivity contribution >= 4 is 23.2 Å². The summed E-state index contributed by atoms with van der Waals surface area (Å²) < 4.78 is 1.74. The second-order valence-corrected chi connectivity index (χ2v) is 5.09. The van der Waals surface area contributed by atoms with Crippen molar-refractivity contribution in [2.24, 2.45) is 7.05 Å². The van der Waals surface area contributed by atoms with E-state index in [0.717, 1.165) is 12.0 Å². The Morgan fingerprint density at radius 2 is 2.17 bits per heavy atom. The van der Waals surface area contributed by atoms with Gasteiger partial charge in [-0.25, -0.2) is 0 Å². The fourth-order valence-corrected chi connectivity index (χ4v) is 2.25. The molecule has 0 spiro atoms. The lowest BCUT2D eigenvalue weighted by atomic mass is 10.0. The van der Waals surface area contributed by atoms with Gasteiger partial charge in [0.15, 0.2) is 0 Å². The molecule has 1 aromatic heterocycles. The molecule has 0 radical (unpaired) electrons. The minimum atomic E-state index is -0.614. The van der Waals surface area contributed by atoms with Gasteiger partial charge in [-0.3, -0.25) is 4.68 Å². The van der Waals surface area contributed by atoms with Gasteiger partial charge in [0, 0.05) is 28.9 Å². The Bertz CT molecular complexity index is 540. The Kier molecular flexibility index (Phi) is 4.27. The van der Waals surface area contributed by atoms with Crippen molar-refractivity contribution in [1.82, 2.24) is 9.78 Å². The van der Waals surface area contributed by atoms with Crippen LogP contribution in [-0.2, 0) is 13.5 Å². The number of halogens is 2. The van der Waals surface area contributed by atoms with Crippen LogP contribution in [-0.4, -0.2) is 14.9 Å². The first-order valence-corrected chi connectivity index (χ1v) is 6.42. The third kappa shape index (κ3) is 3.25. The molecule has 18 heavy (non-hydrogen) atoms. The zero-order valence-corrected chi connectivity index (χ0v) is 11.5. The average Bonchev–Trinajstić information content (AvgIpc) is 2.75. The monoisotopic (exact) mass is 284 g/mol. The van der Waals surface area contributed by atoms with Crippen LogP contribution in [0, 0.1) is 0 Å². The van der Waals surface area contributed by atoms with Crippen LogP contribution in [0.5, 0.6) is 0 Å². The van der Waals surface area contributed by atoms with Crippen LogP contribution in [0.4, 0.5) is 0 Å². The molecule has 1 N–H and O–H groups in total. The quantitative estimate of drug-likeness (QED) is 0.935. The minimum absolute atomic E-state index is 0.540. The van der Waals surface area contributed by atoms with E-state index in [0.29, 0.717) is 22.0 Å². The second-order valence-electron chi connectivity index (χ2n) is 4.24. The molecule has 0 saturated heterocycles. The maximum atomic E-state index is 10.1. The van der Waals surface area contributed by atoms with Gasteiger partial charge in [0.25, 0.3) is 0 Å². The number of hydrogen-bond acceptors (Lipinski definition) is 2. The molecule has 1 atom stereocenters. The topological polar surface area (TPSA) is 38.0 Å². The van der Waals surface area contributed by atoms with Crippen LogP contribution >= 0.6 is 23.2 Å². The molecule has 2 aromatic rings. The molecule has 5 heteroatoms. The van der Waals surface area contributed by atoms with Crippen LogP contribution in [0.15, 0.2) is 30.6 Å². The molecule has 96 valence electrons. The highest BCUT2D eigenvalue weighted by molar-refractivity contribution is 6.33. The Morgan fingerprint density at radius 3 is 2.83 bits per heavy atom. The van der Waals surface area contributed by atoms with E-state index in [2.05, 4.69) is 5.10 Å². The van der Waals surface area contributed by atoms with Crippen LogP contribution < -0.4 is 0 Å². The molecule has 0 saturated carbocycles. The third-order valence-corrected chi connectivity index (χ3v) is 3.36. The number of nitrogens with zero attached hydrogens (tertiary/aromatic N) is 2. The molecule has 0 aliphatic carbocycles. The number of aryl methyl sites for hydroxylation is 2. The van der Waals surface area contributed by atoms with Crippen molar-refractivity contribution in [2.75, 3.05) is 0 Å². The van der Waals surface area contributed by atoms with Crippen molar-refractivity contribution in [3.63, 3.8) is 0 Å². The Hall–Kier alpha value is -1.03. The molecule has 0 bridgehead atoms. The lowest BCUT2D eigenvalue weighted by molar-refractivity contribution is 0.168. The molecule has 3 nitrogen and oxygen atoms in total. The summed E-state index contributed by atoms with van der Waals surface area (Å²) in [5, 5.41) is 15.3. The SMILES string of the molecule is Cn1cc(CCC(O)c2cc(Cl)ccc2Cl)cn1. The summed E-state index contributed by atoms with van der Waals surface area (Å²) in [7, 11) is 1.87. The van der Waals surface area contributed by atoms with E-state index in [1.54, 1.807) is 29.1 Å². The van der Waals surface area contributed by atoms with Crippen LogP contribution in [0.2, 0.25) is 10.0 Å². The van der Waals surface area contributed by atoms with Gasteiger partial charge in [-0.15, -0.1) is 0 Å². The van der Waals surface area contributed by atoms with Gasteiger partial charge >= 0.3 is 0 Å². The lowest BCUT2D eigenvalue weighted by Crippen LogP contribution is -2.00. The van der Waals surface area contributed by atoms with Gasteiger partial charge in [-0.2, -0.15) is 5.10 Å². The molecule has 2 rings (SSSR count). The number of benzene rings is 1. The minimum Gasteiger partial charge on any atom is -0.388 e. The van der Waals surface area contributed by atoms with Gasteiger partial charge < -0.3 is 5.11 Å². The summed E-state index contributed by atoms with van der Waals surface area (Å²) in [4.78, 5) is 0. The van der Waals surface area contributed by atoms with Gasteiger partial charge in [0.05, 0.1) is 12.3 Å². The third-order valence-electron chi connectivity index (χ3n) is 2.78. The van der Waals surface area contributed by atoms with Gasteiger partial charge in [-0.1, -0.05) is 23.2 Å². The van der Waals surface area contributed by atoms with E-state index in [1.807, 2.05) is 13.2 Å². The van der Waals surface area contributed by atoms with E-state index >= 15 is 0 Å². The Labute approximate surface area is 116 Å². The van der Waals surface area contributed by atoms with Crippen molar-refractivity contribution < 1.29 is 5.11 Å². The van der Waals surface area contributed by atoms with E-state index in [-0.39, 0.29) is 0 Å². The number of aromatic nitrogens is 2. The van der Waals surface area contributed by atoms with Crippen molar-refractivity contribution in [2.45, 2.75) is 18.9 Å². The highest BCUT2D eigenvalue weighted by atomic mass is 35.5. The molecule has 0 aliphatic heterocycles. The summed E-state index contributed by atoms with van der Waals surface area (Å²) in [5.74, 6) is 0. The molecule has 1 aromatic carbocycles. The smallest absolute Gasteiger partial charge is 0.0808 e. The first-order chi connectivity index (χ1) is 8.56. The van der Waals surface area contributed by atoms with Gasteiger partial charge in [0.1, 0.15) is 0 Å². The Morgan fingerprint density at radius 1 is 1.39 bits per heavy atom. The van der Waals surface area contributed by atoms with Crippen molar-refractivity contribution in [3.8, 4) is 0 Å². The molecule has 1 heterocycles. The molecule has 1 unspecified atom stereocenters. The van der Waals surface area contributed by atoms with Crippen molar-refractivity contribution in [3.05, 3.63) is 51.8 Å². The lowest BCUT2D eigenvalue weighted by Gasteiger charge is -2.12. The van der Waals surface area contributed by atoms with Gasteiger partial charge in [0.2, 0.25) is 0 Å². The summed E-state index contributed by atoms with van der Waals surface area (Å²) in [5.41, 5.74) is 1.77. The average molecular weight is 285 g/mol. The Balaban J connectivity index is 2.03. The van der Waals surface area contributed by atoms with E-state index < -0.39 is 6.10 Å². The maximum Gasteiger partial charge on any atom is 0.0808 e. The highest BCUT2D eigenvalue weighted by Crippen LogP contribution is 2.28. The zero-order valence-electron chi connectivity index (χ0n) is 9.98. The number of rotatable bonds is 4. The summed E-state index contributed by atoms with van der Waals surface area (Å²) >= 11 is 11.9. The maximum absolute atomic E-state index is 10.1. The normalized spacial score (nSPS) is 12.7. The molecular weight excluding hydrogens is 271 g/mol. The number of hydrogen-bond donors (Lipinski definition) is 1. The molecular formula is C13H14Cl2N2O. The number of aliphatic hydroxyl groups is 1. The standard InChI is InChI=1S/C13H14Cl2N2O/c1-17-8-9(7-16-17)2-5-13(18)11-6-10(14)3-4-12(11)15/h3-4,6-8,13,18H,2,5H2,1H3. The van der Waals surface area contributed by atoms with Crippen molar-refractivity contribution in [1.29, 1.82) is 0 Å². The summed E-state index contributed by atoms with van der Waals surface area (Å²) in [6.07, 6.45) is 4.46. The van der Waals surface area contributed by atoms with Crippen LogP contribution in [0.1, 0.15) is 23.7 Å². The molecule has 0 amide bonds. The fourth-order valence-electron chi connectivity index (χ4n) is 1.83. The summed E-state index contributed by atoms with van der Waals surface area (Å²) in [6.45, 7) is 0. The largest absolute Gasteiger partial charge is 0.388 e. The van der Waals surface area contributed by atoms with E-state index in [1.165, 1.54) is 0 Å². The van der Waals surface area contributed by atoms with Gasteiger partial charge in [-0.05, 0) is 36.6 Å². The van der Waals surface area contributed by atoms with E-state index in [9.17, 15) is 5.11 Å². The predicted octanol–water partition coefficient (Wildman–Crippen LogP) is 3.39. The predicted molar refractivity (Wildman–Crippen MR) is 73.0 cm³/mol. The highest BCUT2D eigenvalue weighted by Gasteiger charge is 2.12. The number of aliphatic hydroxyl groups excluding tert-OH is 1. The molecule has 0 aliphatic rings. The van der Waals surface area contributed by atoms with Crippen LogP contribution in [0.3, 0.4) is 0 Å². The van der Waals surface area contributed by atoms with Crippen LogP contribution in [0.25, 0.3) is 0 Å². The second kappa shape index (κ2) is 5.74. The fraction of sp³-hybridized carbons (Fsp3) is 0.308. The molecule has 0 fully saturated rings. The van der Waals surface area contributed by atoms with E-state index in [4.69, 9.17) is 23.2 Å².